The molecule has 0 spiro atoms. The summed E-state index contributed by atoms with van der Waals surface area (Å²) in [7, 11) is 0. The normalized spacial score (nSPS) is 21.8. The van der Waals surface area contributed by atoms with Gasteiger partial charge in [-0.05, 0) is 56.2 Å². The number of hydrogen-bond acceptors (Lipinski definition) is 4. The number of carbonyl (C=O) groups is 2. The van der Waals surface area contributed by atoms with Gasteiger partial charge in [-0.25, -0.2) is 0 Å². The molecular formula is C24H30N4O3. The minimum absolute atomic E-state index is 0.00640. The number of aromatic amines is 1. The maximum atomic E-state index is 12.2. The fraction of sp³-hybridized carbons (Fsp3) is 0.458. The maximum Gasteiger partial charge on any atom is 0.251 e. The molecule has 1 saturated carbocycles. The maximum absolute atomic E-state index is 12.2. The molecular weight excluding hydrogens is 392 g/mol. The molecule has 2 amide bonds. The number of aromatic nitrogens is 1. The molecule has 1 aliphatic carbocycles. The van der Waals surface area contributed by atoms with Crippen LogP contribution in [0.3, 0.4) is 0 Å². The second-order valence-electron chi connectivity index (χ2n) is 8.76. The van der Waals surface area contributed by atoms with Crippen molar-refractivity contribution in [3.63, 3.8) is 0 Å². The minimum Gasteiger partial charge on any atom is -0.349 e. The molecule has 0 radical (unpaired) electrons. The summed E-state index contributed by atoms with van der Waals surface area (Å²) in [5, 5.41) is 5.71. The van der Waals surface area contributed by atoms with Gasteiger partial charge < -0.3 is 15.6 Å². The summed E-state index contributed by atoms with van der Waals surface area (Å²) in [5.74, 6) is 0.141. The number of likely N-dealkylation sites (tertiary alicyclic amines) is 1. The molecule has 2 aliphatic rings. The first-order valence-electron chi connectivity index (χ1n) is 11.0. The van der Waals surface area contributed by atoms with E-state index in [0.29, 0.717) is 17.5 Å². The largest absolute Gasteiger partial charge is 0.349 e. The van der Waals surface area contributed by atoms with Crippen molar-refractivity contribution in [1.29, 1.82) is 0 Å². The predicted octanol–water partition coefficient (Wildman–Crippen LogP) is 1.94. The van der Waals surface area contributed by atoms with Gasteiger partial charge in [0.15, 0.2) is 0 Å². The van der Waals surface area contributed by atoms with Gasteiger partial charge in [-0.2, -0.15) is 0 Å². The van der Waals surface area contributed by atoms with E-state index in [2.05, 4.69) is 20.5 Å². The zero-order valence-corrected chi connectivity index (χ0v) is 17.9. The summed E-state index contributed by atoms with van der Waals surface area (Å²) in [4.78, 5) is 40.8. The first-order valence-corrected chi connectivity index (χ1v) is 11.0. The minimum atomic E-state index is -0.228. The number of carbonyl (C=O) groups excluding carboxylic acids is 2. The van der Waals surface area contributed by atoms with Crippen molar-refractivity contribution in [2.45, 2.75) is 50.6 Å². The highest BCUT2D eigenvalue weighted by Gasteiger charge is 2.35. The number of amides is 2. The second kappa shape index (κ2) is 9.47. The third-order valence-electron chi connectivity index (χ3n) is 6.46. The molecule has 7 nitrogen and oxygen atoms in total. The molecule has 4 rings (SSSR count). The van der Waals surface area contributed by atoms with Crippen LogP contribution in [0.25, 0.3) is 0 Å². The van der Waals surface area contributed by atoms with Gasteiger partial charge in [-0.3, -0.25) is 19.3 Å². The standard InChI is InChI=1S/C24H30N4O3/c1-16-3-2-4-18(11-16)24(31)26-13-23(30)27-20-14-28(15-20)21-8-5-17(6-9-21)19-7-10-22(29)25-12-19/h2-4,7,10-12,17,20-21H,5-6,8-9,13-15H2,1H3,(H,25,29)(H,26,31)(H,27,30)/t17-,21+. The quantitative estimate of drug-likeness (QED) is 0.663. The fourth-order valence-corrected chi connectivity index (χ4v) is 4.68. The van der Waals surface area contributed by atoms with E-state index in [4.69, 9.17) is 0 Å². The van der Waals surface area contributed by atoms with E-state index < -0.39 is 0 Å². The van der Waals surface area contributed by atoms with Crippen LogP contribution in [0.1, 0.15) is 53.1 Å². The Bertz CT molecular complexity index is 968. The molecule has 1 aromatic heterocycles. The lowest BCUT2D eigenvalue weighted by Gasteiger charge is -2.46. The molecule has 2 aromatic rings. The van der Waals surface area contributed by atoms with Crippen LogP contribution in [-0.4, -0.2) is 53.4 Å². The van der Waals surface area contributed by atoms with Crippen molar-refractivity contribution in [2.24, 2.45) is 0 Å². The van der Waals surface area contributed by atoms with E-state index in [9.17, 15) is 14.4 Å². The van der Waals surface area contributed by atoms with Crippen molar-refractivity contribution in [3.8, 4) is 0 Å². The number of nitrogens with zero attached hydrogens (tertiary/aromatic N) is 1. The Hall–Kier alpha value is -2.93. The molecule has 1 aliphatic heterocycles. The first kappa shape index (κ1) is 21.3. The summed E-state index contributed by atoms with van der Waals surface area (Å²) < 4.78 is 0. The molecule has 3 N–H and O–H groups in total. The number of benzene rings is 1. The Morgan fingerprint density at radius 2 is 1.87 bits per heavy atom. The second-order valence-corrected chi connectivity index (χ2v) is 8.76. The van der Waals surface area contributed by atoms with Gasteiger partial charge in [0.25, 0.3) is 5.91 Å². The summed E-state index contributed by atoms with van der Waals surface area (Å²) >= 11 is 0. The molecule has 7 heteroatoms. The van der Waals surface area contributed by atoms with E-state index in [1.54, 1.807) is 12.1 Å². The van der Waals surface area contributed by atoms with Gasteiger partial charge in [0, 0.05) is 37.0 Å². The van der Waals surface area contributed by atoms with Gasteiger partial charge in [-0.1, -0.05) is 23.8 Å². The van der Waals surface area contributed by atoms with Crippen LogP contribution in [0.4, 0.5) is 0 Å². The van der Waals surface area contributed by atoms with Crippen molar-refractivity contribution in [1.82, 2.24) is 20.5 Å². The highest BCUT2D eigenvalue weighted by atomic mass is 16.2. The van der Waals surface area contributed by atoms with Crippen LogP contribution in [0.15, 0.2) is 47.4 Å². The monoisotopic (exact) mass is 422 g/mol. The molecule has 0 atom stereocenters. The number of pyridine rings is 1. The first-order chi connectivity index (χ1) is 15.0. The number of aryl methyl sites for hydroxylation is 1. The number of rotatable bonds is 6. The zero-order chi connectivity index (χ0) is 21.8. The molecule has 1 saturated heterocycles. The van der Waals surface area contributed by atoms with Crippen LogP contribution >= 0.6 is 0 Å². The smallest absolute Gasteiger partial charge is 0.251 e. The lowest BCUT2D eigenvalue weighted by atomic mass is 9.81. The van der Waals surface area contributed by atoms with Crippen LogP contribution in [0.5, 0.6) is 0 Å². The lowest BCUT2D eigenvalue weighted by molar-refractivity contribution is -0.122. The molecule has 164 valence electrons. The van der Waals surface area contributed by atoms with Crippen molar-refractivity contribution in [2.75, 3.05) is 19.6 Å². The fourth-order valence-electron chi connectivity index (χ4n) is 4.68. The van der Waals surface area contributed by atoms with E-state index >= 15 is 0 Å². The predicted molar refractivity (Wildman–Crippen MR) is 119 cm³/mol. The molecule has 1 aromatic carbocycles. The third kappa shape index (κ3) is 5.41. The van der Waals surface area contributed by atoms with Crippen LogP contribution in [0, 0.1) is 6.92 Å². The Labute approximate surface area is 182 Å². The summed E-state index contributed by atoms with van der Waals surface area (Å²) in [6.07, 6.45) is 6.36. The average Bonchev–Trinajstić information content (AvgIpc) is 2.75. The van der Waals surface area contributed by atoms with Crippen molar-refractivity contribution < 1.29 is 9.59 Å². The summed E-state index contributed by atoms with van der Waals surface area (Å²) in [6.45, 7) is 3.66. The van der Waals surface area contributed by atoms with Crippen molar-refractivity contribution >= 4 is 11.8 Å². The Morgan fingerprint density at radius 3 is 2.55 bits per heavy atom. The van der Waals surface area contributed by atoms with Gasteiger partial charge in [0.2, 0.25) is 11.5 Å². The topological polar surface area (TPSA) is 94.3 Å². The van der Waals surface area contributed by atoms with Gasteiger partial charge >= 0.3 is 0 Å². The molecule has 2 heterocycles. The van der Waals surface area contributed by atoms with E-state index in [1.807, 2.05) is 37.4 Å². The molecule has 0 unspecified atom stereocenters. The van der Waals surface area contributed by atoms with E-state index in [0.717, 1.165) is 44.3 Å². The van der Waals surface area contributed by atoms with Gasteiger partial charge in [0.05, 0.1) is 12.6 Å². The average molecular weight is 423 g/mol. The van der Waals surface area contributed by atoms with Crippen LogP contribution in [-0.2, 0) is 4.79 Å². The van der Waals surface area contributed by atoms with Gasteiger partial charge in [0.1, 0.15) is 0 Å². The van der Waals surface area contributed by atoms with E-state index in [1.165, 1.54) is 5.56 Å². The molecule has 31 heavy (non-hydrogen) atoms. The molecule has 2 fully saturated rings. The zero-order valence-electron chi connectivity index (χ0n) is 17.9. The Morgan fingerprint density at radius 1 is 1.10 bits per heavy atom. The lowest BCUT2D eigenvalue weighted by Crippen LogP contribution is -2.63. The third-order valence-corrected chi connectivity index (χ3v) is 6.46. The molecule has 0 bridgehead atoms. The number of hydrogen-bond donors (Lipinski definition) is 3. The van der Waals surface area contributed by atoms with E-state index in [-0.39, 0.29) is 30.0 Å². The van der Waals surface area contributed by atoms with Gasteiger partial charge in [-0.15, -0.1) is 0 Å². The highest BCUT2D eigenvalue weighted by molar-refractivity contribution is 5.96. The van der Waals surface area contributed by atoms with Crippen LogP contribution in [0.2, 0.25) is 0 Å². The Kier molecular flexibility index (Phi) is 6.51. The number of nitrogens with one attached hydrogen (secondary N) is 3. The summed E-state index contributed by atoms with van der Waals surface area (Å²) in [6, 6.07) is 11.6. The highest BCUT2D eigenvalue weighted by Crippen LogP contribution is 2.35. The Balaban J connectivity index is 1.14. The summed E-state index contributed by atoms with van der Waals surface area (Å²) in [5.41, 5.74) is 2.75. The van der Waals surface area contributed by atoms with Crippen LogP contribution < -0.4 is 16.2 Å². The number of H-pyrrole nitrogens is 1. The van der Waals surface area contributed by atoms with Crippen molar-refractivity contribution in [3.05, 3.63) is 69.6 Å². The SMILES string of the molecule is Cc1cccc(C(=O)NCC(=O)NC2CN([C@H]3CC[C@@H](c4ccc(=O)[nH]c4)CC3)C2)c1.